The highest BCUT2D eigenvalue weighted by atomic mass is 28.4. The van der Waals surface area contributed by atoms with Crippen molar-refractivity contribution >= 4 is 19.2 Å². The molecule has 0 amide bonds. The van der Waals surface area contributed by atoms with Gasteiger partial charge in [-0.15, -0.1) is 0 Å². The molecule has 152 valence electrons. The van der Waals surface area contributed by atoms with Crippen LogP contribution in [0.1, 0.15) is 52.2 Å². The minimum atomic E-state index is -1.82. The lowest BCUT2D eigenvalue weighted by molar-refractivity contribution is 0.261. The van der Waals surface area contributed by atoms with Crippen LogP contribution in [0, 0.1) is 11.3 Å². The van der Waals surface area contributed by atoms with Crippen LogP contribution < -0.4 is 4.74 Å². The second-order valence-corrected chi connectivity index (χ2v) is 14.0. The monoisotopic (exact) mass is 398 g/mol. The largest absolute Gasteiger partial charge is 0.481 e. The van der Waals surface area contributed by atoms with Gasteiger partial charge in [0.15, 0.2) is 8.32 Å². The first-order valence-corrected chi connectivity index (χ1v) is 12.9. The summed E-state index contributed by atoms with van der Waals surface area (Å²) in [5.41, 5.74) is 2.31. The highest BCUT2D eigenvalue weighted by molar-refractivity contribution is 6.74. The maximum Gasteiger partial charge on any atom is 0.216 e. The quantitative estimate of drug-likeness (QED) is 0.537. The summed E-state index contributed by atoms with van der Waals surface area (Å²) in [5, 5.41) is 11.2. The molecule has 0 aliphatic heterocycles. The van der Waals surface area contributed by atoms with Gasteiger partial charge in [-0.3, -0.25) is 0 Å². The minimum Gasteiger partial charge on any atom is -0.481 e. The molecular formula is C23H34N2O2Si. The normalized spacial score (nSPS) is 14.5. The number of rotatable bonds is 7. The number of aromatic nitrogens is 1. The van der Waals surface area contributed by atoms with Crippen LogP contribution in [0.4, 0.5) is 0 Å². The van der Waals surface area contributed by atoms with Gasteiger partial charge in [-0.25, -0.2) is 4.98 Å². The van der Waals surface area contributed by atoms with Crippen LogP contribution in [0.2, 0.25) is 18.1 Å². The van der Waals surface area contributed by atoms with E-state index in [9.17, 15) is 5.26 Å². The molecule has 4 nitrogen and oxygen atoms in total. The van der Waals surface area contributed by atoms with E-state index in [0.29, 0.717) is 18.9 Å². The molecule has 0 bridgehead atoms. The Bertz CT molecular complexity index is 881. The summed E-state index contributed by atoms with van der Waals surface area (Å²) < 4.78 is 11.8. The molecule has 1 heterocycles. The van der Waals surface area contributed by atoms with E-state index in [1.807, 2.05) is 19.1 Å². The van der Waals surface area contributed by atoms with Gasteiger partial charge < -0.3 is 9.16 Å². The van der Waals surface area contributed by atoms with E-state index in [1.165, 1.54) is 0 Å². The molecule has 1 aromatic carbocycles. The third kappa shape index (κ3) is 4.56. The zero-order valence-electron chi connectivity index (χ0n) is 18.6. The van der Waals surface area contributed by atoms with Crippen molar-refractivity contribution in [1.29, 1.82) is 5.26 Å². The Morgan fingerprint density at radius 2 is 1.82 bits per heavy atom. The first-order valence-electron chi connectivity index (χ1n) is 10.0. The summed E-state index contributed by atoms with van der Waals surface area (Å²) in [6.07, 6.45) is 1.53. The summed E-state index contributed by atoms with van der Waals surface area (Å²) in [4.78, 5) is 4.67. The third-order valence-electron chi connectivity index (χ3n) is 6.19. The Balaban J connectivity index is 2.29. The third-order valence-corrected chi connectivity index (χ3v) is 10.7. The maximum absolute atomic E-state index is 9.94. The number of nitriles is 1. The van der Waals surface area contributed by atoms with Crippen LogP contribution >= 0.6 is 0 Å². The molecule has 0 N–H and O–H groups in total. The first kappa shape index (κ1) is 22.4. The van der Waals surface area contributed by atoms with Crippen molar-refractivity contribution in [3.63, 3.8) is 0 Å². The fraction of sp³-hybridized carbons (Fsp3) is 0.565. The number of benzene rings is 1. The predicted octanol–water partition coefficient (Wildman–Crippen LogP) is 6.00. The molecule has 0 saturated carbocycles. The number of ether oxygens (including phenoxy) is 1. The summed E-state index contributed by atoms with van der Waals surface area (Å²) in [7, 11) is -0.176. The number of fused-ring (bicyclic) bond motifs is 1. The van der Waals surface area contributed by atoms with Crippen molar-refractivity contribution in [1.82, 2.24) is 4.98 Å². The second kappa shape index (κ2) is 8.22. The minimum absolute atomic E-state index is 0.163. The van der Waals surface area contributed by atoms with Gasteiger partial charge >= 0.3 is 0 Å². The van der Waals surface area contributed by atoms with E-state index in [2.05, 4.69) is 64.0 Å². The zero-order valence-corrected chi connectivity index (χ0v) is 19.6. The lowest BCUT2D eigenvalue weighted by Gasteiger charge is -2.37. The molecule has 0 saturated heterocycles. The van der Waals surface area contributed by atoms with Crippen LogP contribution in [0.3, 0.4) is 0 Å². The first-order chi connectivity index (χ1) is 13.0. The molecule has 2 rings (SSSR count). The van der Waals surface area contributed by atoms with E-state index >= 15 is 0 Å². The maximum atomic E-state index is 9.94. The van der Waals surface area contributed by atoms with Crippen molar-refractivity contribution in [2.75, 3.05) is 13.7 Å². The standard InChI is InChI=1S/C23H34N2O2Si/c1-9-17-14-18-10-11-19(15-20(18)25-21(17)26-6)23(5,16-24)12-13-27-28(7,8)22(2,3)4/h10-11,14-15H,9,12-13H2,1-8H3. The van der Waals surface area contributed by atoms with Crippen LogP contribution in [-0.4, -0.2) is 27.0 Å². The van der Waals surface area contributed by atoms with Gasteiger partial charge in [0.2, 0.25) is 5.88 Å². The summed E-state index contributed by atoms with van der Waals surface area (Å²) >= 11 is 0. The molecule has 0 radical (unpaired) electrons. The van der Waals surface area contributed by atoms with Gasteiger partial charge in [-0.2, -0.15) is 5.26 Å². The lowest BCUT2D eigenvalue weighted by atomic mass is 9.81. The van der Waals surface area contributed by atoms with Crippen LogP contribution in [0.25, 0.3) is 10.9 Å². The average molecular weight is 399 g/mol. The van der Waals surface area contributed by atoms with Gasteiger partial charge in [0.05, 0.1) is 24.1 Å². The lowest BCUT2D eigenvalue weighted by Crippen LogP contribution is -2.41. The van der Waals surface area contributed by atoms with Gasteiger partial charge in [0.1, 0.15) is 0 Å². The molecule has 0 fully saturated rings. The zero-order chi connectivity index (χ0) is 21.2. The van der Waals surface area contributed by atoms with E-state index in [1.54, 1.807) is 7.11 Å². The van der Waals surface area contributed by atoms with Gasteiger partial charge in [0.25, 0.3) is 0 Å². The Morgan fingerprint density at radius 3 is 2.36 bits per heavy atom. The second-order valence-electron chi connectivity index (χ2n) is 9.22. The highest BCUT2D eigenvalue weighted by Crippen LogP contribution is 2.37. The average Bonchev–Trinajstić information content (AvgIpc) is 2.65. The van der Waals surface area contributed by atoms with Crippen molar-refractivity contribution in [2.45, 2.75) is 71.0 Å². The molecule has 0 spiro atoms. The van der Waals surface area contributed by atoms with Crippen molar-refractivity contribution < 1.29 is 9.16 Å². The Labute approximate surface area is 171 Å². The molecular weight excluding hydrogens is 364 g/mol. The number of hydrogen-bond donors (Lipinski definition) is 0. The molecule has 0 aliphatic rings. The molecule has 0 aliphatic carbocycles. The molecule has 28 heavy (non-hydrogen) atoms. The van der Waals surface area contributed by atoms with Gasteiger partial charge in [0, 0.05) is 17.6 Å². The summed E-state index contributed by atoms with van der Waals surface area (Å²) in [6, 6.07) is 10.8. The molecule has 1 atom stereocenters. The fourth-order valence-corrected chi connectivity index (χ4v) is 4.00. The predicted molar refractivity (Wildman–Crippen MR) is 118 cm³/mol. The molecule has 1 unspecified atom stereocenters. The van der Waals surface area contributed by atoms with Crippen molar-refractivity contribution in [3.8, 4) is 11.9 Å². The number of nitrogens with zero attached hydrogens (tertiary/aromatic N) is 2. The van der Waals surface area contributed by atoms with Crippen LogP contribution in [-0.2, 0) is 16.3 Å². The molecule has 1 aromatic heterocycles. The highest BCUT2D eigenvalue weighted by Gasteiger charge is 2.38. The van der Waals surface area contributed by atoms with E-state index < -0.39 is 13.7 Å². The van der Waals surface area contributed by atoms with Crippen molar-refractivity contribution in [3.05, 3.63) is 35.4 Å². The summed E-state index contributed by atoms with van der Waals surface area (Å²) in [5.74, 6) is 0.659. The number of pyridine rings is 1. The topological polar surface area (TPSA) is 55.1 Å². The molecule has 5 heteroatoms. The summed E-state index contributed by atoms with van der Waals surface area (Å²) in [6.45, 7) is 15.9. The number of aryl methyl sites for hydroxylation is 1. The Kier molecular flexibility index (Phi) is 6.57. The Morgan fingerprint density at radius 1 is 1.14 bits per heavy atom. The SMILES string of the molecule is CCc1cc2ccc(C(C)(C#N)CCO[Si](C)(C)C(C)(C)C)cc2nc1OC. The van der Waals surface area contributed by atoms with E-state index in [-0.39, 0.29) is 5.04 Å². The number of methoxy groups -OCH3 is 1. The van der Waals surface area contributed by atoms with Crippen LogP contribution in [0.5, 0.6) is 5.88 Å². The fourth-order valence-electron chi connectivity index (χ4n) is 2.96. The van der Waals surface area contributed by atoms with Crippen molar-refractivity contribution in [2.24, 2.45) is 0 Å². The smallest absolute Gasteiger partial charge is 0.216 e. The molecule has 2 aromatic rings. The van der Waals surface area contributed by atoms with Crippen LogP contribution in [0.15, 0.2) is 24.3 Å². The Hall–Kier alpha value is -1.90. The van der Waals surface area contributed by atoms with Gasteiger partial charge in [-0.1, -0.05) is 39.8 Å². The number of hydrogen-bond acceptors (Lipinski definition) is 4. The van der Waals surface area contributed by atoms with E-state index in [0.717, 1.165) is 28.5 Å². The van der Waals surface area contributed by atoms with E-state index in [4.69, 9.17) is 9.16 Å². The van der Waals surface area contributed by atoms with Gasteiger partial charge in [-0.05, 0) is 55.6 Å².